The van der Waals surface area contributed by atoms with Gasteiger partial charge >= 0.3 is 0 Å². The van der Waals surface area contributed by atoms with Crippen molar-refractivity contribution in [1.82, 2.24) is 9.80 Å². The monoisotopic (exact) mass is 334 g/mol. The van der Waals surface area contributed by atoms with Crippen molar-refractivity contribution in [3.8, 4) is 11.5 Å². The van der Waals surface area contributed by atoms with Crippen LogP contribution in [0.5, 0.6) is 11.5 Å². The van der Waals surface area contributed by atoms with Crippen LogP contribution < -0.4 is 9.47 Å². The molecule has 0 radical (unpaired) electrons. The van der Waals surface area contributed by atoms with Crippen molar-refractivity contribution < 1.29 is 19.3 Å². The average molecular weight is 334 g/mol. The molecule has 6 heteroatoms. The predicted octanol–water partition coefficient (Wildman–Crippen LogP) is 1.92. The normalized spacial score (nSPS) is 17.4. The lowest BCUT2D eigenvalue weighted by atomic mass is 10.1. The van der Waals surface area contributed by atoms with Crippen LogP contribution in [0.3, 0.4) is 0 Å². The molecule has 0 aromatic heterocycles. The first kappa shape index (κ1) is 17.1. The Morgan fingerprint density at radius 3 is 2.17 bits per heavy atom. The summed E-state index contributed by atoms with van der Waals surface area (Å²) in [6.07, 6.45) is 3.20. The molecule has 1 aromatic rings. The SMILES string of the molecule is C=COCCCN1COc2cc3c(cc2C1)OCN(CCCO)C3. The minimum Gasteiger partial charge on any atom is -0.502 e. The first-order valence-electron chi connectivity index (χ1n) is 8.49. The molecule has 2 heterocycles. The quantitative estimate of drug-likeness (QED) is 0.579. The van der Waals surface area contributed by atoms with Crippen LogP contribution in [0, 0.1) is 0 Å². The Kier molecular flexibility index (Phi) is 5.96. The van der Waals surface area contributed by atoms with Gasteiger partial charge in [0.05, 0.1) is 12.9 Å². The highest BCUT2D eigenvalue weighted by Gasteiger charge is 2.23. The van der Waals surface area contributed by atoms with E-state index < -0.39 is 0 Å². The van der Waals surface area contributed by atoms with Crippen LogP contribution in [0.15, 0.2) is 25.0 Å². The lowest BCUT2D eigenvalue weighted by Crippen LogP contribution is -2.35. The maximum Gasteiger partial charge on any atom is 0.142 e. The van der Waals surface area contributed by atoms with Crippen LogP contribution in [-0.4, -0.2) is 54.7 Å². The van der Waals surface area contributed by atoms with E-state index in [0.717, 1.165) is 56.1 Å². The van der Waals surface area contributed by atoms with Crippen molar-refractivity contribution in [1.29, 1.82) is 0 Å². The fourth-order valence-corrected chi connectivity index (χ4v) is 3.09. The predicted molar refractivity (Wildman–Crippen MR) is 90.7 cm³/mol. The van der Waals surface area contributed by atoms with E-state index in [-0.39, 0.29) is 6.61 Å². The first-order chi connectivity index (χ1) is 11.8. The van der Waals surface area contributed by atoms with Gasteiger partial charge in [-0.15, -0.1) is 0 Å². The molecule has 3 rings (SSSR count). The molecule has 2 aliphatic heterocycles. The zero-order valence-electron chi connectivity index (χ0n) is 14.1. The summed E-state index contributed by atoms with van der Waals surface area (Å²) in [6, 6.07) is 4.22. The van der Waals surface area contributed by atoms with E-state index in [1.165, 1.54) is 11.8 Å². The Balaban J connectivity index is 1.59. The van der Waals surface area contributed by atoms with Gasteiger partial charge in [-0.3, -0.25) is 9.80 Å². The minimum absolute atomic E-state index is 0.213. The Morgan fingerprint density at radius 2 is 1.62 bits per heavy atom. The summed E-state index contributed by atoms with van der Waals surface area (Å²) >= 11 is 0. The van der Waals surface area contributed by atoms with E-state index in [2.05, 4.69) is 28.5 Å². The third-order valence-corrected chi connectivity index (χ3v) is 4.32. The highest BCUT2D eigenvalue weighted by Crippen LogP contribution is 2.35. The second-order valence-electron chi connectivity index (χ2n) is 6.19. The molecule has 1 N–H and O–H groups in total. The first-order valence-corrected chi connectivity index (χ1v) is 8.49. The van der Waals surface area contributed by atoms with E-state index in [1.807, 2.05) is 0 Å². The van der Waals surface area contributed by atoms with Crippen molar-refractivity contribution in [2.24, 2.45) is 0 Å². The van der Waals surface area contributed by atoms with Crippen molar-refractivity contribution in [2.75, 3.05) is 39.8 Å². The molecule has 0 saturated carbocycles. The second kappa shape index (κ2) is 8.37. The van der Waals surface area contributed by atoms with Crippen LogP contribution in [-0.2, 0) is 17.8 Å². The Labute approximate surface area is 143 Å². The minimum atomic E-state index is 0.213. The largest absolute Gasteiger partial charge is 0.502 e. The lowest BCUT2D eigenvalue weighted by molar-refractivity contribution is 0.0780. The third-order valence-electron chi connectivity index (χ3n) is 4.32. The molecule has 0 aliphatic carbocycles. The fourth-order valence-electron chi connectivity index (χ4n) is 3.09. The molecular weight excluding hydrogens is 308 g/mol. The van der Waals surface area contributed by atoms with Crippen LogP contribution in [0.2, 0.25) is 0 Å². The summed E-state index contributed by atoms with van der Waals surface area (Å²) in [5, 5.41) is 8.96. The van der Waals surface area contributed by atoms with Gasteiger partial charge in [0, 0.05) is 43.9 Å². The smallest absolute Gasteiger partial charge is 0.142 e. The van der Waals surface area contributed by atoms with Crippen LogP contribution in [0.1, 0.15) is 24.0 Å². The van der Waals surface area contributed by atoms with Crippen molar-refractivity contribution in [2.45, 2.75) is 25.9 Å². The number of hydrogen-bond acceptors (Lipinski definition) is 6. The van der Waals surface area contributed by atoms with Gasteiger partial charge < -0.3 is 19.3 Å². The van der Waals surface area contributed by atoms with Crippen molar-refractivity contribution in [3.05, 3.63) is 36.1 Å². The van der Waals surface area contributed by atoms with Gasteiger partial charge in [-0.25, -0.2) is 0 Å². The van der Waals surface area contributed by atoms with Crippen molar-refractivity contribution >= 4 is 0 Å². The van der Waals surface area contributed by atoms with E-state index >= 15 is 0 Å². The molecular formula is C18H26N2O4. The van der Waals surface area contributed by atoms with Gasteiger partial charge in [0.1, 0.15) is 25.0 Å². The van der Waals surface area contributed by atoms with Crippen LogP contribution in [0.25, 0.3) is 0 Å². The maximum absolute atomic E-state index is 8.96. The Morgan fingerprint density at radius 1 is 1.04 bits per heavy atom. The summed E-state index contributed by atoms with van der Waals surface area (Å²) in [6.45, 7) is 9.11. The van der Waals surface area contributed by atoms with Crippen molar-refractivity contribution in [3.63, 3.8) is 0 Å². The summed E-state index contributed by atoms with van der Waals surface area (Å²) in [5.74, 6) is 1.91. The molecule has 0 fully saturated rings. The zero-order chi connectivity index (χ0) is 16.8. The summed E-state index contributed by atoms with van der Waals surface area (Å²) in [5.41, 5.74) is 2.33. The number of nitrogens with zero attached hydrogens (tertiary/aromatic N) is 2. The number of aliphatic hydroxyl groups is 1. The molecule has 0 spiro atoms. The number of hydrogen-bond donors (Lipinski definition) is 1. The summed E-state index contributed by atoms with van der Waals surface area (Å²) in [7, 11) is 0. The summed E-state index contributed by atoms with van der Waals surface area (Å²) in [4.78, 5) is 4.46. The highest BCUT2D eigenvalue weighted by molar-refractivity contribution is 5.47. The van der Waals surface area contributed by atoms with E-state index in [1.54, 1.807) is 0 Å². The van der Waals surface area contributed by atoms with Gasteiger partial charge in [0.25, 0.3) is 0 Å². The molecule has 24 heavy (non-hydrogen) atoms. The molecule has 0 bridgehead atoms. The third kappa shape index (κ3) is 4.20. The topological polar surface area (TPSA) is 54.4 Å². The van der Waals surface area contributed by atoms with Crippen LogP contribution >= 0.6 is 0 Å². The Bertz CT molecular complexity index is 564. The van der Waals surface area contributed by atoms with Gasteiger partial charge in [0.15, 0.2) is 0 Å². The van der Waals surface area contributed by atoms with E-state index in [9.17, 15) is 0 Å². The number of ether oxygens (including phenoxy) is 3. The number of benzene rings is 1. The number of fused-ring (bicyclic) bond motifs is 2. The number of aliphatic hydroxyl groups excluding tert-OH is 1. The lowest BCUT2D eigenvalue weighted by Gasteiger charge is -2.33. The molecule has 132 valence electrons. The standard InChI is InChI=1S/C18H26N2O4/c1-2-22-8-4-6-20-12-16-10-17-15(9-18(16)24-14-20)11-19(13-23-17)5-3-7-21/h2,9-10,21H,1,3-8,11-14H2. The van der Waals surface area contributed by atoms with E-state index in [0.29, 0.717) is 20.1 Å². The van der Waals surface area contributed by atoms with Gasteiger partial charge in [-0.2, -0.15) is 0 Å². The molecule has 0 unspecified atom stereocenters. The van der Waals surface area contributed by atoms with Gasteiger partial charge in [-0.1, -0.05) is 6.58 Å². The zero-order valence-corrected chi connectivity index (χ0v) is 14.1. The fraction of sp³-hybridized carbons (Fsp3) is 0.556. The second-order valence-corrected chi connectivity index (χ2v) is 6.19. The molecule has 6 nitrogen and oxygen atoms in total. The molecule has 0 atom stereocenters. The summed E-state index contributed by atoms with van der Waals surface area (Å²) < 4.78 is 17.0. The number of rotatable bonds is 8. The highest BCUT2D eigenvalue weighted by atomic mass is 16.5. The molecule has 2 aliphatic rings. The average Bonchev–Trinajstić information content (AvgIpc) is 2.61. The van der Waals surface area contributed by atoms with Gasteiger partial charge in [0.2, 0.25) is 0 Å². The molecule has 1 aromatic carbocycles. The Hall–Kier alpha value is -1.76. The van der Waals surface area contributed by atoms with Gasteiger partial charge in [-0.05, 0) is 25.0 Å². The van der Waals surface area contributed by atoms with E-state index in [4.69, 9.17) is 19.3 Å². The van der Waals surface area contributed by atoms with Crippen LogP contribution in [0.4, 0.5) is 0 Å². The molecule has 0 amide bonds. The maximum atomic E-state index is 8.96. The molecule has 0 saturated heterocycles.